The van der Waals surface area contributed by atoms with E-state index in [1.165, 1.54) is 23.3 Å². The molecule has 1 aromatic heterocycles. The molecule has 2 amide bonds. The summed E-state index contributed by atoms with van der Waals surface area (Å²) in [6, 6.07) is 12.6. The highest BCUT2D eigenvalue weighted by molar-refractivity contribution is 9.11. The van der Waals surface area contributed by atoms with Crippen LogP contribution in [0.25, 0.3) is 0 Å². The van der Waals surface area contributed by atoms with E-state index in [2.05, 4.69) is 21.4 Å². The zero-order chi connectivity index (χ0) is 26.5. The highest BCUT2D eigenvalue weighted by Gasteiger charge is 2.50. The Labute approximate surface area is 229 Å². The summed E-state index contributed by atoms with van der Waals surface area (Å²) in [5.41, 5.74) is 3.10. The van der Waals surface area contributed by atoms with Gasteiger partial charge in [-0.25, -0.2) is 18.7 Å². The molecule has 0 aliphatic carbocycles. The Morgan fingerprint density at radius 2 is 2.00 bits per heavy atom. The fraction of sp³-hybridized carbons (Fsp3) is 0.520. The lowest BCUT2D eigenvalue weighted by Crippen LogP contribution is -2.43. The predicted octanol–water partition coefficient (Wildman–Crippen LogP) is 3.71. The van der Waals surface area contributed by atoms with Crippen molar-refractivity contribution in [2.45, 2.75) is 49.2 Å². The van der Waals surface area contributed by atoms with Crippen molar-refractivity contribution < 1.29 is 32.3 Å². The zero-order valence-corrected chi connectivity index (χ0v) is 23.8. The summed E-state index contributed by atoms with van der Waals surface area (Å²) in [5, 5.41) is 0. The Bertz CT molecular complexity index is 1180. The van der Waals surface area contributed by atoms with E-state index < -0.39 is 32.9 Å². The molecule has 2 aliphatic rings. The van der Waals surface area contributed by atoms with Crippen LogP contribution in [-0.4, -0.2) is 64.0 Å². The van der Waals surface area contributed by atoms with Gasteiger partial charge >= 0.3 is 0 Å². The highest BCUT2D eigenvalue weighted by atomic mass is 79.9. The van der Waals surface area contributed by atoms with Gasteiger partial charge in [-0.2, -0.15) is 0 Å². The maximum atomic E-state index is 13.8. The van der Waals surface area contributed by atoms with Crippen molar-refractivity contribution in [2.24, 2.45) is 0 Å². The molecule has 4 rings (SSSR count). The van der Waals surface area contributed by atoms with Gasteiger partial charge in [-0.15, -0.1) is 11.3 Å². The van der Waals surface area contributed by atoms with Gasteiger partial charge in [-0.3, -0.25) is 9.59 Å². The van der Waals surface area contributed by atoms with Crippen LogP contribution >= 0.6 is 27.3 Å². The fourth-order valence-electron chi connectivity index (χ4n) is 4.75. The second-order valence-corrected chi connectivity index (χ2v) is 14.0. The quantitative estimate of drug-likeness (QED) is 0.451. The average molecular weight is 616 g/mol. The van der Waals surface area contributed by atoms with Crippen molar-refractivity contribution in [1.82, 2.24) is 10.4 Å². The third kappa shape index (κ3) is 6.43. The van der Waals surface area contributed by atoms with Crippen molar-refractivity contribution in [2.75, 3.05) is 32.6 Å². The smallest absolute Gasteiger partial charge is 0.256 e. The number of ether oxygens (including phenoxy) is 2. The number of hydroxylamine groups is 1. The molecule has 202 valence electrons. The molecule has 1 N–H and O–H groups in total. The first-order chi connectivity index (χ1) is 17.8. The standard InChI is InChI=1S/C25H31BrN2O7S2/c1-33-23(18-7-3-2-4-8-18)24(30)28-13-12-25(37(31,32)16-14-28,19-10-11-20(26)36-19)17-21(29)27-35-22-9-5-6-15-34-22/h2-4,7-8,10-11,22-23H,5-6,9,12-17H2,1H3,(H,27,29)/t22?,23-,25?/m1/s1. The van der Waals surface area contributed by atoms with Crippen LogP contribution in [0.5, 0.6) is 0 Å². The predicted molar refractivity (Wildman–Crippen MR) is 142 cm³/mol. The average Bonchev–Trinajstić information content (AvgIpc) is 3.29. The monoisotopic (exact) mass is 614 g/mol. The van der Waals surface area contributed by atoms with Gasteiger partial charge in [-0.05, 0) is 52.9 Å². The Morgan fingerprint density at radius 3 is 2.65 bits per heavy atom. The Balaban J connectivity index is 1.56. The number of nitrogens with one attached hydrogen (secondary N) is 1. The number of halogens is 1. The molecular weight excluding hydrogens is 584 g/mol. The molecule has 0 bridgehead atoms. The number of rotatable bonds is 8. The molecule has 0 saturated carbocycles. The van der Waals surface area contributed by atoms with Crippen LogP contribution in [0.4, 0.5) is 0 Å². The van der Waals surface area contributed by atoms with Gasteiger partial charge in [0.1, 0.15) is 4.75 Å². The molecule has 0 radical (unpaired) electrons. The van der Waals surface area contributed by atoms with Crippen molar-refractivity contribution in [1.29, 1.82) is 0 Å². The third-order valence-corrected chi connectivity index (χ3v) is 11.2. The van der Waals surface area contributed by atoms with Crippen molar-refractivity contribution in [3.63, 3.8) is 0 Å². The highest BCUT2D eigenvalue weighted by Crippen LogP contribution is 2.44. The fourth-order valence-corrected chi connectivity index (χ4v) is 8.74. The molecule has 2 saturated heterocycles. The normalized spacial score (nSPS) is 24.7. The van der Waals surface area contributed by atoms with E-state index in [1.807, 2.05) is 18.2 Å². The summed E-state index contributed by atoms with van der Waals surface area (Å²) in [4.78, 5) is 34.0. The first kappa shape index (κ1) is 28.2. The number of thiophene rings is 1. The minimum Gasteiger partial charge on any atom is -0.367 e. The number of hydrogen-bond acceptors (Lipinski definition) is 8. The lowest BCUT2D eigenvalue weighted by Gasteiger charge is -2.31. The molecule has 2 aliphatic heterocycles. The first-order valence-corrected chi connectivity index (χ1v) is 15.4. The van der Waals surface area contributed by atoms with E-state index in [0.717, 1.165) is 16.6 Å². The van der Waals surface area contributed by atoms with E-state index in [0.29, 0.717) is 23.5 Å². The van der Waals surface area contributed by atoms with Gasteiger partial charge < -0.3 is 14.4 Å². The number of amides is 2. The second kappa shape index (κ2) is 12.4. The Hall–Kier alpha value is -1.83. The number of nitrogens with zero attached hydrogens (tertiary/aromatic N) is 1. The van der Waals surface area contributed by atoms with Crippen molar-refractivity contribution in [3.8, 4) is 0 Å². The van der Waals surface area contributed by atoms with Gasteiger partial charge in [-0.1, -0.05) is 30.3 Å². The second-order valence-electron chi connectivity index (χ2n) is 9.13. The van der Waals surface area contributed by atoms with Crippen LogP contribution in [0.15, 0.2) is 46.3 Å². The topological polar surface area (TPSA) is 111 Å². The summed E-state index contributed by atoms with van der Waals surface area (Å²) in [7, 11) is -2.40. The molecular formula is C25H31BrN2O7S2. The lowest BCUT2D eigenvalue weighted by molar-refractivity contribution is -0.200. The molecule has 3 atom stereocenters. The molecule has 1 aromatic carbocycles. The number of benzene rings is 1. The molecule has 2 fully saturated rings. The molecule has 12 heteroatoms. The van der Waals surface area contributed by atoms with Crippen LogP contribution in [0.2, 0.25) is 0 Å². The van der Waals surface area contributed by atoms with E-state index >= 15 is 0 Å². The summed E-state index contributed by atoms with van der Waals surface area (Å²) in [6.45, 7) is 0.716. The van der Waals surface area contributed by atoms with Crippen LogP contribution < -0.4 is 5.48 Å². The minimum atomic E-state index is -3.86. The number of carbonyl (C=O) groups is 2. The number of hydrogen-bond donors (Lipinski definition) is 1. The van der Waals surface area contributed by atoms with Gasteiger partial charge in [0.2, 0.25) is 5.91 Å². The molecule has 2 aromatic rings. The SMILES string of the molecule is CO[C@@H](C(=O)N1CCC(CC(=O)NOC2CCCCO2)(c2ccc(Br)s2)S(=O)(=O)CC1)c1ccccc1. The molecule has 9 nitrogen and oxygen atoms in total. The van der Waals surface area contributed by atoms with Crippen molar-refractivity contribution >= 4 is 48.9 Å². The Morgan fingerprint density at radius 1 is 1.22 bits per heavy atom. The summed E-state index contributed by atoms with van der Waals surface area (Å²) in [5.74, 6) is -1.14. The summed E-state index contributed by atoms with van der Waals surface area (Å²) < 4.78 is 37.9. The van der Waals surface area contributed by atoms with Gasteiger partial charge in [0.15, 0.2) is 22.2 Å². The maximum Gasteiger partial charge on any atom is 0.256 e. The van der Waals surface area contributed by atoms with E-state index in [4.69, 9.17) is 14.3 Å². The van der Waals surface area contributed by atoms with Gasteiger partial charge in [0.05, 0.1) is 16.0 Å². The van der Waals surface area contributed by atoms with Crippen LogP contribution in [0, 0.1) is 0 Å². The number of carbonyl (C=O) groups excluding carboxylic acids is 2. The van der Waals surface area contributed by atoms with Crippen LogP contribution in [0.1, 0.15) is 48.6 Å². The zero-order valence-electron chi connectivity index (χ0n) is 20.6. The van der Waals surface area contributed by atoms with E-state index in [9.17, 15) is 18.0 Å². The van der Waals surface area contributed by atoms with Gasteiger partial charge in [0, 0.05) is 38.1 Å². The van der Waals surface area contributed by atoms with E-state index in [-0.39, 0.29) is 37.6 Å². The largest absolute Gasteiger partial charge is 0.367 e. The number of sulfone groups is 1. The van der Waals surface area contributed by atoms with E-state index in [1.54, 1.807) is 24.3 Å². The van der Waals surface area contributed by atoms with Gasteiger partial charge in [0.25, 0.3) is 5.91 Å². The Kier molecular flexibility index (Phi) is 9.41. The summed E-state index contributed by atoms with van der Waals surface area (Å²) >= 11 is 4.69. The molecule has 0 spiro atoms. The minimum absolute atomic E-state index is 0.0101. The molecule has 3 heterocycles. The number of methoxy groups -OCH3 is 1. The van der Waals surface area contributed by atoms with Crippen LogP contribution in [-0.2, 0) is 38.5 Å². The maximum absolute atomic E-state index is 13.8. The summed E-state index contributed by atoms with van der Waals surface area (Å²) in [6.07, 6.45) is 0.854. The van der Waals surface area contributed by atoms with Crippen molar-refractivity contribution in [3.05, 3.63) is 56.7 Å². The van der Waals surface area contributed by atoms with Crippen LogP contribution in [0.3, 0.4) is 0 Å². The first-order valence-electron chi connectivity index (χ1n) is 12.2. The lowest BCUT2D eigenvalue weighted by atomic mass is 9.97. The third-order valence-electron chi connectivity index (χ3n) is 6.80. The molecule has 37 heavy (non-hydrogen) atoms. The molecule has 2 unspecified atom stereocenters.